The van der Waals surface area contributed by atoms with Gasteiger partial charge in [0.1, 0.15) is 0 Å². The lowest BCUT2D eigenvalue weighted by Crippen LogP contribution is -2.10. The largest absolute Gasteiger partial charge is 0.269 e. The number of rotatable bonds is 4. The smallest absolute Gasteiger partial charge is 0.0269 e. The lowest BCUT2D eigenvalue weighted by Gasteiger charge is -2.07. The first-order valence-corrected chi connectivity index (χ1v) is 2.87. The quantitative estimate of drug-likeness (QED) is 0.522. The van der Waals surface area contributed by atoms with E-state index in [1.807, 2.05) is 4.31 Å². The molecule has 0 aliphatic rings. The van der Waals surface area contributed by atoms with E-state index in [1.165, 1.54) is 0 Å². The molecule has 0 bridgehead atoms. The Labute approximate surface area is 70.4 Å². The third-order valence-corrected chi connectivity index (χ3v) is 1.01. The summed E-state index contributed by atoms with van der Waals surface area (Å²) < 4.78 is 1.82. The monoisotopic (exact) mass is 189 g/mol. The minimum atomic E-state index is 0. The van der Waals surface area contributed by atoms with Crippen LogP contribution in [0, 0.1) is 0 Å². The van der Waals surface area contributed by atoms with E-state index in [0.29, 0.717) is 0 Å². The molecule has 0 aromatic rings. The molecule has 0 heterocycles. The van der Waals surface area contributed by atoms with Gasteiger partial charge in [-0.15, -0.1) is 13.2 Å². The van der Waals surface area contributed by atoms with Gasteiger partial charge in [-0.2, -0.15) is 0 Å². The Hall–Kier alpha value is -0.420. The average Bonchev–Trinajstić information content (AvgIpc) is 1.68. The Morgan fingerprint density at radius 3 is 1.45 bits per heavy atom. The van der Waals surface area contributed by atoms with E-state index in [9.17, 15) is 0 Å². The van der Waals surface area contributed by atoms with E-state index in [2.05, 4.69) is 26.0 Å². The average molecular weight is 189 g/mol. The van der Waals surface area contributed by atoms with Crippen LogP contribution in [-0.2, 0) is 0 Å². The molecule has 0 aliphatic heterocycles. The summed E-state index contributed by atoms with van der Waals surface area (Å²) in [7, 11) is 0. The first kappa shape index (κ1) is 22.4. The predicted molar refractivity (Wildman–Crippen MR) is 48.5 cm³/mol. The minimum absolute atomic E-state index is 0. The summed E-state index contributed by atoms with van der Waals surface area (Å²) in [6.07, 6.45) is 3.60. The Bertz CT molecular complexity index is 79.9. The second-order valence-electron chi connectivity index (χ2n) is 1.45. The molecule has 0 N–H and O–H groups in total. The minimum Gasteiger partial charge on any atom is -0.269 e. The molecule has 0 saturated carbocycles. The van der Waals surface area contributed by atoms with Crippen molar-refractivity contribution in [1.29, 1.82) is 0 Å². The maximum absolute atomic E-state index is 4.08. The summed E-state index contributed by atoms with van der Waals surface area (Å²) in [4.78, 5) is 0. The Morgan fingerprint density at radius 1 is 1.00 bits per heavy atom. The second kappa shape index (κ2) is 16.3. The fourth-order valence-electron chi connectivity index (χ4n) is 0.373. The van der Waals surface area contributed by atoms with Gasteiger partial charge in [0.25, 0.3) is 0 Å². The summed E-state index contributed by atoms with van der Waals surface area (Å²) in [5.41, 5.74) is 0. The van der Waals surface area contributed by atoms with Crippen LogP contribution in [-0.4, -0.2) is 17.4 Å². The molecule has 0 atom stereocenters. The molecule has 0 rings (SSSR count). The van der Waals surface area contributed by atoms with Crippen LogP contribution in [0.3, 0.4) is 0 Å². The van der Waals surface area contributed by atoms with Gasteiger partial charge in [-0.25, -0.2) is 4.31 Å². The van der Waals surface area contributed by atoms with Gasteiger partial charge in [-0.05, 0) is 0 Å². The molecule has 0 aromatic carbocycles. The van der Waals surface area contributed by atoms with E-state index in [4.69, 9.17) is 0 Å². The summed E-state index contributed by atoms with van der Waals surface area (Å²) in [6.45, 7) is 8.72. The summed E-state index contributed by atoms with van der Waals surface area (Å²) in [5, 5.41) is 0. The molecule has 0 aliphatic carbocycles. The number of hydrogen-bond donors (Lipinski definition) is 1. The van der Waals surface area contributed by atoms with Gasteiger partial charge in [0.05, 0.1) is 0 Å². The molecule has 1 nitrogen and oxygen atoms in total. The van der Waals surface area contributed by atoms with E-state index in [0.717, 1.165) is 13.1 Å². The summed E-state index contributed by atoms with van der Waals surface area (Å²) >= 11 is 4.08. The standard InChI is InChI=1S/C6H11NS.3FH/c1-3-5-7(8)6-4-2;;;/h3-4,8H,1-2,5-6H2;3*1H. The zero-order valence-corrected chi connectivity index (χ0v) is 7.00. The summed E-state index contributed by atoms with van der Waals surface area (Å²) in [5.74, 6) is 0. The zero-order valence-electron chi connectivity index (χ0n) is 6.10. The van der Waals surface area contributed by atoms with Crippen molar-refractivity contribution >= 4 is 12.8 Å². The van der Waals surface area contributed by atoms with Crippen LogP contribution in [0.1, 0.15) is 0 Å². The molecule has 0 fully saturated rings. The molecule has 0 aromatic heterocycles. The second-order valence-corrected chi connectivity index (χ2v) is 2.01. The molecular weight excluding hydrogens is 175 g/mol. The van der Waals surface area contributed by atoms with Crippen molar-refractivity contribution < 1.29 is 14.1 Å². The third kappa shape index (κ3) is 17.7. The van der Waals surface area contributed by atoms with E-state index >= 15 is 0 Å². The maximum atomic E-state index is 4.08. The molecule has 0 unspecified atom stereocenters. The first-order valence-electron chi connectivity index (χ1n) is 2.47. The van der Waals surface area contributed by atoms with Gasteiger partial charge in [0, 0.05) is 13.1 Å². The third-order valence-electron chi connectivity index (χ3n) is 0.680. The molecule has 11 heavy (non-hydrogen) atoms. The Balaban J connectivity index is -0.0000000817. The number of thiol groups is 1. The van der Waals surface area contributed by atoms with Gasteiger partial charge in [0.2, 0.25) is 0 Å². The molecule has 0 spiro atoms. The van der Waals surface area contributed by atoms with Crippen LogP contribution in [0.15, 0.2) is 25.3 Å². The zero-order chi connectivity index (χ0) is 6.41. The van der Waals surface area contributed by atoms with Gasteiger partial charge < -0.3 is 0 Å². The molecule has 5 heteroatoms. The number of halogens is 3. The van der Waals surface area contributed by atoms with Crippen molar-refractivity contribution in [3.8, 4) is 0 Å². The van der Waals surface area contributed by atoms with Crippen LogP contribution in [0.4, 0.5) is 14.1 Å². The van der Waals surface area contributed by atoms with Crippen molar-refractivity contribution in [2.45, 2.75) is 0 Å². The molecule has 0 amide bonds. The normalized spacial score (nSPS) is 6.73. The highest BCUT2D eigenvalue weighted by Gasteiger charge is 1.87. The van der Waals surface area contributed by atoms with Crippen molar-refractivity contribution in [2.75, 3.05) is 13.1 Å². The van der Waals surface area contributed by atoms with Crippen LogP contribution >= 0.6 is 12.8 Å². The highest BCUT2D eigenvalue weighted by molar-refractivity contribution is 7.77. The number of nitrogens with zero attached hydrogens (tertiary/aromatic N) is 1. The van der Waals surface area contributed by atoms with E-state index in [1.54, 1.807) is 12.2 Å². The van der Waals surface area contributed by atoms with E-state index in [-0.39, 0.29) is 14.1 Å². The van der Waals surface area contributed by atoms with Crippen molar-refractivity contribution in [3.05, 3.63) is 25.3 Å². The van der Waals surface area contributed by atoms with Gasteiger partial charge in [-0.1, -0.05) is 25.0 Å². The molecule has 0 saturated heterocycles. The first-order chi connectivity index (χ1) is 3.81. The highest BCUT2D eigenvalue weighted by Crippen LogP contribution is 1.90. The Morgan fingerprint density at radius 2 is 1.27 bits per heavy atom. The fourth-order valence-corrected chi connectivity index (χ4v) is 0.604. The SMILES string of the molecule is C=CCN(S)CC=C.F.F.F. The van der Waals surface area contributed by atoms with Crippen molar-refractivity contribution in [1.82, 2.24) is 4.31 Å². The Kier molecular flexibility index (Phi) is 33.2. The molecule has 0 radical (unpaired) electrons. The number of hydrogen-bond acceptors (Lipinski definition) is 2. The predicted octanol–water partition coefficient (Wildman–Crippen LogP) is 1.96. The van der Waals surface area contributed by atoms with Crippen molar-refractivity contribution in [2.24, 2.45) is 0 Å². The lowest BCUT2D eigenvalue weighted by molar-refractivity contribution is 0.588. The molecule has 70 valence electrons. The van der Waals surface area contributed by atoms with Crippen LogP contribution < -0.4 is 0 Å². The van der Waals surface area contributed by atoms with Crippen LogP contribution in [0.2, 0.25) is 0 Å². The highest BCUT2D eigenvalue weighted by atomic mass is 32.1. The van der Waals surface area contributed by atoms with Crippen LogP contribution in [0.5, 0.6) is 0 Å². The van der Waals surface area contributed by atoms with Crippen molar-refractivity contribution in [3.63, 3.8) is 0 Å². The van der Waals surface area contributed by atoms with E-state index < -0.39 is 0 Å². The lowest BCUT2D eigenvalue weighted by atomic mass is 10.5. The summed E-state index contributed by atoms with van der Waals surface area (Å²) in [6, 6.07) is 0. The topological polar surface area (TPSA) is 3.24 Å². The molecular formula is C6H14F3NS. The maximum Gasteiger partial charge on any atom is 0.0269 e. The fraction of sp³-hybridized carbons (Fsp3) is 0.333. The van der Waals surface area contributed by atoms with Gasteiger partial charge in [-0.3, -0.25) is 14.1 Å². The van der Waals surface area contributed by atoms with Gasteiger partial charge >= 0.3 is 0 Å². The van der Waals surface area contributed by atoms with Gasteiger partial charge in [0.15, 0.2) is 0 Å². The van der Waals surface area contributed by atoms with Crippen LogP contribution in [0.25, 0.3) is 0 Å².